The number of aromatic nitrogens is 3. The van der Waals surface area contributed by atoms with E-state index in [0.717, 1.165) is 24.9 Å². The summed E-state index contributed by atoms with van der Waals surface area (Å²) < 4.78 is 2.04. The highest BCUT2D eigenvalue weighted by Crippen LogP contribution is 2.22. The summed E-state index contributed by atoms with van der Waals surface area (Å²) in [6.07, 6.45) is 9.13. The van der Waals surface area contributed by atoms with E-state index in [4.69, 9.17) is 11.6 Å². The number of imidazole rings is 1. The molecule has 1 atom stereocenters. The first-order valence-corrected chi connectivity index (χ1v) is 6.88. The van der Waals surface area contributed by atoms with Crippen LogP contribution in [0, 0.1) is 0 Å². The average Bonchev–Trinajstić information content (AvgIpc) is 2.83. The molecule has 0 saturated heterocycles. The second kappa shape index (κ2) is 6.68. The van der Waals surface area contributed by atoms with Crippen LogP contribution in [-0.4, -0.2) is 21.1 Å². The van der Waals surface area contributed by atoms with Crippen molar-refractivity contribution in [3.63, 3.8) is 0 Å². The number of nitrogens with zero attached hydrogens (tertiary/aromatic N) is 3. The zero-order chi connectivity index (χ0) is 13.7. The minimum atomic E-state index is 0.215. The summed E-state index contributed by atoms with van der Waals surface area (Å²) in [5.41, 5.74) is 2.27. The normalized spacial score (nSPS) is 12.6. The summed E-state index contributed by atoms with van der Waals surface area (Å²) in [5, 5.41) is 4.26. The maximum atomic E-state index is 6.19. The Morgan fingerprint density at radius 1 is 1.37 bits per heavy atom. The molecule has 0 amide bonds. The lowest BCUT2D eigenvalue weighted by Gasteiger charge is -2.19. The fourth-order valence-electron chi connectivity index (χ4n) is 2.09. The highest BCUT2D eigenvalue weighted by Gasteiger charge is 2.16. The lowest BCUT2D eigenvalue weighted by molar-refractivity contribution is 0.504. The standard InChI is InChI=1S/C14H19ClN4/c1-3-5-18-13(14-9-17-10-19(14)2)7-11-4-6-16-8-12(11)15/h4,6,8-10,13,18H,3,5,7H2,1-2H3. The van der Waals surface area contributed by atoms with Gasteiger partial charge in [-0.05, 0) is 31.0 Å². The lowest BCUT2D eigenvalue weighted by Crippen LogP contribution is -2.26. The van der Waals surface area contributed by atoms with Crippen molar-refractivity contribution < 1.29 is 0 Å². The number of nitrogens with one attached hydrogen (secondary N) is 1. The van der Waals surface area contributed by atoms with Crippen molar-refractivity contribution >= 4 is 11.6 Å². The van der Waals surface area contributed by atoms with Gasteiger partial charge in [-0.2, -0.15) is 0 Å². The molecule has 2 aromatic heterocycles. The molecular weight excluding hydrogens is 260 g/mol. The van der Waals surface area contributed by atoms with E-state index in [1.54, 1.807) is 12.4 Å². The summed E-state index contributed by atoms with van der Waals surface area (Å²) in [6, 6.07) is 2.19. The van der Waals surface area contributed by atoms with E-state index in [9.17, 15) is 0 Å². The van der Waals surface area contributed by atoms with Crippen molar-refractivity contribution in [3.8, 4) is 0 Å². The molecule has 0 aliphatic heterocycles. The van der Waals surface area contributed by atoms with E-state index >= 15 is 0 Å². The van der Waals surface area contributed by atoms with Gasteiger partial charge in [-0.1, -0.05) is 18.5 Å². The molecule has 0 saturated carbocycles. The zero-order valence-corrected chi connectivity index (χ0v) is 12.1. The monoisotopic (exact) mass is 278 g/mol. The van der Waals surface area contributed by atoms with Crippen LogP contribution in [0.3, 0.4) is 0 Å². The Bertz CT molecular complexity index is 524. The molecule has 102 valence electrons. The molecule has 0 fully saturated rings. The first-order chi connectivity index (χ1) is 9.22. The Morgan fingerprint density at radius 3 is 2.84 bits per heavy atom. The number of pyridine rings is 1. The molecule has 0 radical (unpaired) electrons. The van der Waals surface area contributed by atoms with Crippen molar-refractivity contribution in [2.24, 2.45) is 7.05 Å². The molecule has 4 nitrogen and oxygen atoms in total. The predicted octanol–water partition coefficient (Wildman–Crippen LogP) is 2.75. The van der Waals surface area contributed by atoms with Crippen LogP contribution in [0.4, 0.5) is 0 Å². The van der Waals surface area contributed by atoms with Gasteiger partial charge >= 0.3 is 0 Å². The summed E-state index contributed by atoms with van der Waals surface area (Å²) in [4.78, 5) is 8.22. The van der Waals surface area contributed by atoms with Crippen LogP contribution in [0.5, 0.6) is 0 Å². The Kier molecular flexibility index (Phi) is 4.93. The lowest BCUT2D eigenvalue weighted by atomic mass is 10.0. The SMILES string of the molecule is CCCNC(Cc1ccncc1Cl)c1cncn1C. The molecule has 0 spiro atoms. The van der Waals surface area contributed by atoms with Crippen molar-refractivity contribution in [1.82, 2.24) is 19.9 Å². The van der Waals surface area contributed by atoms with Crippen LogP contribution in [0.1, 0.15) is 30.6 Å². The molecule has 0 aliphatic rings. The van der Waals surface area contributed by atoms with E-state index in [1.165, 1.54) is 5.69 Å². The van der Waals surface area contributed by atoms with E-state index in [2.05, 4.69) is 22.2 Å². The molecular formula is C14H19ClN4. The van der Waals surface area contributed by atoms with Crippen molar-refractivity contribution in [2.75, 3.05) is 6.54 Å². The molecule has 2 heterocycles. The predicted molar refractivity (Wildman–Crippen MR) is 77.2 cm³/mol. The third-order valence-corrected chi connectivity index (χ3v) is 3.47. The fraction of sp³-hybridized carbons (Fsp3) is 0.429. The van der Waals surface area contributed by atoms with Crippen LogP contribution < -0.4 is 5.32 Å². The van der Waals surface area contributed by atoms with Crippen LogP contribution in [0.15, 0.2) is 31.0 Å². The van der Waals surface area contributed by atoms with Gasteiger partial charge in [-0.25, -0.2) is 4.98 Å². The Hall–Kier alpha value is -1.39. The Morgan fingerprint density at radius 2 is 2.21 bits per heavy atom. The van der Waals surface area contributed by atoms with Gasteiger partial charge in [0.05, 0.1) is 23.1 Å². The third-order valence-electron chi connectivity index (χ3n) is 3.13. The highest BCUT2D eigenvalue weighted by molar-refractivity contribution is 6.31. The number of hydrogen-bond donors (Lipinski definition) is 1. The highest BCUT2D eigenvalue weighted by atomic mass is 35.5. The smallest absolute Gasteiger partial charge is 0.0946 e. The zero-order valence-electron chi connectivity index (χ0n) is 11.3. The second-order valence-corrected chi connectivity index (χ2v) is 5.01. The molecule has 19 heavy (non-hydrogen) atoms. The minimum absolute atomic E-state index is 0.215. The van der Waals surface area contributed by atoms with Gasteiger partial charge in [0, 0.05) is 25.6 Å². The van der Waals surface area contributed by atoms with Gasteiger partial charge in [-0.3, -0.25) is 4.98 Å². The number of rotatable bonds is 6. The average molecular weight is 279 g/mol. The van der Waals surface area contributed by atoms with Crippen molar-refractivity contribution in [2.45, 2.75) is 25.8 Å². The van der Waals surface area contributed by atoms with Crippen LogP contribution >= 0.6 is 11.6 Å². The Balaban J connectivity index is 2.19. The van der Waals surface area contributed by atoms with Gasteiger partial charge in [0.1, 0.15) is 0 Å². The van der Waals surface area contributed by atoms with Crippen molar-refractivity contribution in [3.05, 3.63) is 47.3 Å². The van der Waals surface area contributed by atoms with E-state index in [0.29, 0.717) is 5.02 Å². The largest absolute Gasteiger partial charge is 0.336 e. The van der Waals surface area contributed by atoms with Gasteiger partial charge in [0.15, 0.2) is 0 Å². The topological polar surface area (TPSA) is 42.7 Å². The van der Waals surface area contributed by atoms with Crippen molar-refractivity contribution in [1.29, 1.82) is 0 Å². The Labute approximate surface area is 118 Å². The molecule has 1 unspecified atom stereocenters. The molecule has 0 aromatic carbocycles. The minimum Gasteiger partial charge on any atom is -0.336 e. The molecule has 2 aromatic rings. The van der Waals surface area contributed by atoms with Crippen LogP contribution in [-0.2, 0) is 13.5 Å². The summed E-state index contributed by atoms with van der Waals surface area (Å²) >= 11 is 6.19. The van der Waals surface area contributed by atoms with E-state index in [-0.39, 0.29) is 6.04 Å². The van der Waals surface area contributed by atoms with E-state index in [1.807, 2.05) is 30.2 Å². The summed E-state index contributed by atoms with van der Waals surface area (Å²) in [7, 11) is 2.01. The number of hydrogen-bond acceptors (Lipinski definition) is 3. The second-order valence-electron chi connectivity index (χ2n) is 4.61. The van der Waals surface area contributed by atoms with Crippen LogP contribution in [0.2, 0.25) is 5.02 Å². The molecule has 0 bridgehead atoms. The van der Waals surface area contributed by atoms with Gasteiger partial charge in [0.2, 0.25) is 0 Å². The number of halogens is 1. The first-order valence-electron chi connectivity index (χ1n) is 6.50. The molecule has 1 N–H and O–H groups in total. The van der Waals surface area contributed by atoms with Gasteiger partial charge in [-0.15, -0.1) is 0 Å². The van der Waals surface area contributed by atoms with E-state index < -0.39 is 0 Å². The molecule has 0 aliphatic carbocycles. The third kappa shape index (κ3) is 3.55. The van der Waals surface area contributed by atoms with Crippen LogP contribution in [0.25, 0.3) is 0 Å². The molecule has 5 heteroatoms. The van der Waals surface area contributed by atoms with Gasteiger partial charge in [0.25, 0.3) is 0 Å². The maximum Gasteiger partial charge on any atom is 0.0946 e. The number of aryl methyl sites for hydroxylation is 1. The summed E-state index contributed by atoms with van der Waals surface area (Å²) in [6.45, 7) is 3.13. The summed E-state index contributed by atoms with van der Waals surface area (Å²) in [5.74, 6) is 0. The first kappa shape index (κ1) is 14.0. The quantitative estimate of drug-likeness (QED) is 0.883. The molecule has 2 rings (SSSR count). The maximum absolute atomic E-state index is 6.19. The van der Waals surface area contributed by atoms with Gasteiger partial charge < -0.3 is 9.88 Å². The fourth-order valence-corrected chi connectivity index (χ4v) is 2.29.